The Morgan fingerprint density at radius 1 is 1.71 bits per heavy atom. The monoisotopic (exact) mass is 319 g/mol. The van der Waals surface area contributed by atoms with Crippen molar-refractivity contribution >= 4 is 39.2 Å². The summed E-state index contributed by atoms with van der Waals surface area (Å²) in [5.74, 6) is 1.23. The van der Waals surface area contributed by atoms with Crippen LogP contribution in [0.4, 0.5) is 11.5 Å². The van der Waals surface area contributed by atoms with Crippen LogP contribution in [0.3, 0.4) is 0 Å². The fraction of sp³-hybridized carbons (Fsp3) is 0.500. The summed E-state index contributed by atoms with van der Waals surface area (Å²) in [6, 6.07) is 1.65. The molecular formula is C10H14BrN3O2S. The third kappa shape index (κ3) is 4.16. The van der Waals surface area contributed by atoms with Crippen LogP contribution in [0, 0.1) is 10.1 Å². The standard InChI is InChI=1S/C10H14BrN3O2S/c1-3-8(6-17-2)13-10-9(14(15)16)4-7(11)5-12-10/h4-5,8H,3,6H2,1-2H3,(H,12,13). The minimum Gasteiger partial charge on any atom is -0.361 e. The van der Waals surface area contributed by atoms with Crippen molar-refractivity contribution in [2.75, 3.05) is 17.3 Å². The summed E-state index contributed by atoms with van der Waals surface area (Å²) in [6.07, 6.45) is 4.46. The lowest BCUT2D eigenvalue weighted by Gasteiger charge is -2.16. The second kappa shape index (κ2) is 6.80. The van der Waals surface area contributed by atoms with Crippen LogP contribution in [0.15, 0.2) is 16.7 Å². The van der Waals surface area contributed by atoms with Gasteiger partial charge in [0.1, 0.15) is 0 Å². The first-order valence-corrected chi connectivity index (χ1v) is 7.32. The lowest BCUT2D eigenvalue weighted by Crippen LogP contribution is -2.22. The highest BCUT2D eigenvalue weighted by molar-refractivity contribution is 9.10. The number of anilines is 1. The average molecular weight is 320 g/mol. The van der Waals surface area contributed by atoms with Gasteiger partial charge >= 0.3 is 5.69 Å². The molecule has 0 radical (unpaired) electrons. The molecule has 0 aliphatic rings. The summed E-state index contributed by atoms with van der Waals surface area (Å²) >= 11 is 4.88. The quantitative estimate of drug-likeness (QED) is 0.643. The molecule has 17 heavy (non-hydrogen) atoms. The van der Waals surface area contributed by atoms with Gasteiger partial charge < -0.3 is 5.32 Å². The zero-order valence-corrected chi connectivity index (χ0v) is 12.0. The number of halogens is 1. The molecule has 1 heterocycles. The molecule has 5 nitrogen and oxygen atoms in total. The van der Waals surface area contributed by atoms with Gasteiger partial charge in [-0.25, -0.2) is 4.98 Å². The first-order chi connectivity index (χ1) is 8.08. The maximum atomic E-state index is 10.9. The molecule has 0 aliphatic heterocycles. The average Bonchev–Trinajstić information content (AvgIpc) is 2.30. The van der Waals surface area contributed by atoms with E-state index in [9.17, 15) is 10.1 Å². The molecule has 94 valence electrons. The molecule has 0 saturated heterocycles. The van der Waals surface area contributed by atoms with Gasteiger partial charge in [-0.05, 0) is 28.6 Å². The Bertz CT molecular complexity index is 403. The third-order valence-corrected chi connectivity index (χ3v) is 3.40. The Balaban J connectivity index is 2.92. The summed E-state index contributed by atoms with van der Waals surface area (Å²) in [4.78, 5) is 14.5. The number of nitrogens with one attached hydrogen (secondary N) is 1. The first-order valence-electron chi connectivity index (χ1n) is 5.13. The zero-order chi connectivity index (χ0) is 12.8. The van der Waals surface area contributed by atoms with E-state index in [4.69, 9.17) is 0 Å². The molecule has 1 unspecified atom stereocenters. The van der Waals surface area contributed by atoms with Gasteiger partial charge in [0.15, 0.2) is 0 Å². The molecule has 1 aromatic rings. The normalized spacial score (nSPS) is 12.2. The maximum Gasteiger partial charge on any atom is 0.312 e. The van der Waals surface area contributed by atoms with E-state index < -0.39 is 4.92 Å². The minimum absolute atomic E-state index is 0.000993. The Labute approximate surface area is 113 Å². The second-order valence-corrected chi connectivity index (χ2v) is 5.31. The van der Waals surface area contributed by atoms with E-state index in [1.165, 1.54) is 6.07 Å². The maximum absolute atomic E-state index is 10.9. The molecule has 7 heteroatoms. The SMILES string of the molecule is CCC(CSC)Nc1ncc(Br)cc1[N+](=O)[O-]. The topological polar surface area (TPSA) is 68.1 Å². The molecule has 0 aliphatic carbocycles. The molecule has 0 spiro atoms. The van der Waals surface area contributed by atoms with E-state index in [1.54, 1.807) is 18.0 Å². The fourth-order valence-corrected chi connectivity index (χ4v) is 2.38. The smallest absolute Gasteiger partial charge is 0.312 e. The lowest BCUT2D eigenvalue weighted by atomic mass is 10.2. The van der Waals surface area contributed by atoms with E-state index in [0.29, 0.717) is 10.3 Å². The van der Waals surface area contributed by atoms with Crippen molar-refractivity contribution in [1.29, 1.82) is 0 Å². The van der Waals surface area contributed by atoms with Crippen molar-refractivity contribution in [3.05, 3.63) is 26.9 Å². The Morgan fingerprint density at radius 2 is 2.41 bits per heavy atom. The molecule has 1 atom stereocenters. The van der Waals surface area contributed by atoms with Crippen LogP contribution in [-0.2, 0) is 0 Å². The van der Waals surface area contributed by atoms with Gasteiger partial charge in [-0.15, -0.1) is 0 Å². The molecule has 0 fully saturated rings. The van der Waals surface area contributed by atoms with E-state index in [1.807, 2.05) is 13.2 Å². The summed E-state index contributed by atoms with van der Waals surface area (Å²) in [5.41, 5.74) is -0.000993. The van der Waals surface area contributed by atoms with Crippen LogP contribution in [0.1, 0.15) is 13.3 Å². The van der Waals surface area contributed by atoms with E-state index >= 15 is 0 Å². The largest absolute Gasteiger partial charge is 0.361 e. The molecule has 0 bridgehead atoms. The van der Waals surface area contributed by atoms with Crippen LogP contribution in [0.25, 0.3) is 0 Å². The number of pyridine rings is 1. The number of nitro groups is 1. The number of rotatable bonds is 6. The van der Waals surface area contributed by atoms with Crippen molar-refractivity contribution < 1.29 is 4.92 Å². The highest BCUT2D eigenvalue weighted by Gasteiger charge is 2.18. The van der Waals surface area contributed by atoms with E-state index in [2.05, 4.69) is 26.2 Å². The zero-order valence-electron chi connectivity index (χ0n) is 9.64. The van der Waals surface area contributed by atoms with Crippen LogP contribution in [0.2, 0.25) is 0 Å². The number of hydrogen-bond donors (Lipinski definition) is 1. The second-order valence-electron chi connectivity index (χ2n) is 3.48. The number of aromatic nitrogens is 1. The molecule has 1 aromatic heterocycles. The van der Waals surface area contributed by atoms with Crippen LogP contribution >= 0.6 is 27.7 Å². The Kier molecular flexibility index (Phi) is 5.70. The van der Waals surface area contributed by atoms with Gasteiger partial charge in [0.05, 0.1) is 4.92 Å². The predicted molar refractivity (Wildman–Crippen MR) is 74.7 cm³/mol. The minimum atomic E-state index is -0.425. The first kappa shape index (κ1) is 14.2. The van der Waals surface area contributed by atoms with Gasteiger partial charge in [0, 0.05) is 28.5 Å². The van der Waals surface area contributed by atoms with Crippen LogP contribution in [0.5, 0.6) is 0 Å². The summed E-state index contributed by atoms with van der Waals surface area (Å²) in [6.45, 7) is 2.04. The highest BCUT2D eigenvalue weighted by atomic mass is 79.9. The number of nitrogens with zero attached hydrogens (tertiary/aromatic N) is 2. The van der Waals surface area contributed by atoms with Crippen molar-refractivity contribution in [1.82, 2.24) is 4.98 Å². The third-order valence-electron chi connectivity index (χ3n) is 2.23. The Hall–Kier alpha value is -0.820. The lowest BCUT2D eigenvalue weighted by molar-refractivity contribution is -0.384. The van der Waals surface area contributed by atoms with Crippen molar-refractivity contribution in [3.8, 4) is 0 Å². The van der Waals surface area contributed by atoms with Crippen molar-refractivity contribution in [2.45, 2.75) is 19.4 Å². The molecular weight excluding hydrogens is 306 g/mol. The van der Waals surface area contributed by atoms with Gasteiger partial charge in [-0.3, -0.25) is 10.1 Å². The predicted octanol–water partition coefficient (Wildman–Crippen LogP) is 3.31. The summed E-state index contributed by atoms with van der Waals surface area (Å²) < 4.78 is 0.604. The number of thioether (sulfide) groups is 1. The molecule has 0 saturated carbocycles. The molecule has 1 N–H and O–H groups in total. The van der Waals surface area contributed by atoms with Crippen molar-refractivity contribution in [3.63, 3.8) is 0 Å². The van der Waals surface area contributed by atoms with Gasteiger partial charge in [0.2, 0.25) is 5.82 Å². The van der Waals surface area contributed by atoms with E-state index in [0.717, 1.165) is 12.2 Å². The van der Waals surface area contributed by atoms with Gasteiger partial charge in [-0.2, -0.15) is 11.8 Å². The van der Waals surface area contributed by atoms with Gasteiger partial charge in [-0.1, -0.05) is 6.92 Å². The van der Waals surface area contributed by atoms with Crippen LogP contribution in [-0.4, -0.2) is 28.0 Å². The molecule has 1 rings (SSSR count). The summed E-state index contributed by atoms with van der Waals surface area (Å²) in [7, 11) is 0. The number of hydrogen-bond acceptors (Lipinski definition) is 5. The van der Waals surface area contributed by atoms with Crippen molar-refractivity contribution in [2.24, 2.45) is 0 Å². The van der Waals surface area contributed by atoms with Crippen LogP contribution < -0.4 is 5.32 Å². The highest BCUT2D eigenvalue weighted by Crippen LogP contribution is 2.26. The van der Waals surface area contributed by atoms with Gasteiger partial charge in [0.25, 0.3) is 0 Å². The van der Waals surface area contributed by atoms with E-state index in [-0.39, 0.29) is 11.7 Å². The molecule has 0 aromatic carbocycles. The molecule has 0 amide bonds. The fourth-order valence-electron chi connectivity index (χ4n) is 1.34. The summed E-state index contributed by atoms with van der Waals surface area (Å²) in [5, 5.41) is 14.0. The Morgan fingerprint density at radius 3 is 2.94 bits per heavy atom.